The van der Waals surface area contributed by atoms with Gasteiger partial charge >= 0.3 is 17.1 Å². The SMILES string of the molecule is [Fe+2].[Fe].[OH-].[OH-].[OH-].[OH-].[OH4+2]. The molecular weight excluding hydrogens is 192 g/mol. The fourth-order valence-electron chi connectivity index (χ4n) is 0. The molecule has 54 valence electrons. The van der Waals surface area contributed by atoms with Crippen LogP contribution in [0.15, 0.2) is 0 Å². The molecule has 0 saturated carbocycles. The molecule has 0 aromatic rings. The largest absolute Gasteiger partial charge is 2.00 e. The monoisotopic (exact) mass is 200 g/mol. The molecule has 7 heavy (non-hydrogen) atoms. The topological polar surface area (TPSA) is 154 Å². The van der Waals surface area contributed by atoms with Crippen LogP contribution in [0, 0.1) is 0 Å². The zero-order valence-electron chi connectivity index (χ0n) is 3.20. The van der Waals surface area contributed by atoms with Crippen LogP contribution in [-0.4, -0.2) is 21.9 Å². The van der Waals surface area contributed by atoms with Gasteiger partial charge in [0.1, 0.15) is 0 Å². The summed E-state index contributed by atoms with van der Waals surface area (Å²) in [6, 6.07) is 0. The van der Waals surface area contributed by atoms with Crippen molar-refractivity contribution in [3.05, 3.63) is 0 Å². The molecular formula is H8Fe2O5. The summed E-state index contributed by atoms with van der Waals surface area (Å²) >= 11 is 0. The van der Waals surface area contributed by atoms with Gasteiger partial charge in [-0.05, 0) is 0 Å². The third-order valence-corrected chi connectivity index (χ3v) is 0. The standard InChI is InChI=1S/2Fe.H4O.4H2O/h;;1H4;4*1H2/q;2*+2;;;;/p-4. The number of hydrogen-bond acceptors (Lipinski definition) is 4. The molecule has 0 radical (unpaired) electrons. The molecule has 0 atom stereocenters. The second kappa shape index (κ2) is 331. The second-order valence-electron chi connectivity index (χ2n) is 0. The summed E-state index contributed by atoms with van der Waals surface area (Å²) in [7, 11) is 0. The minimum absolute atomic E-state index is 0. The number of rotatable bonds is 0. The van der Waals surface area contributed by atoms with Crippen LogP contribution in [0.5, 0.6) is 0 Å². The van der Waals surface area contributed by atoms with Gasteiger partial charge in [-0.2, -0.15) is 0 Å². The van der Waals surface area contributed by atoms with Gasteiger partial charge < -0.3 is 27.4 Å². The minimum Gasteiger partial charge on any atom is -0.873 e. The van der Waals surface area contributed by atoms with Crippen molar-refractivity contribution < 1.29 is 61.5 Å². The molecule has 0 aliphatic carbocycles. The van der Waals surface area contributed by atoms with Gasteiger partial charge in [0.2, 0.25) is 0 Å². The molecule has 0 rings (SSSR count). The van der Waals surface area contributed by atoms with Gasteiger partial charge in [0.25, 0.3) is 0 Å². The van der Waals surface area contributed by atoms with E-state index in [0.717, 1.165) is 0 Å². The summed E-state index contributed by atoms with van der Waals surface area (Å²) < 4.78 is 0. The molecule has 0 fully saturated rings. The minimum atomic E-state index is 0. The van der Waals surface area contributed by atoms with Crippen molar-refractivity contribution in [2.45, 2.75) is 0 Å². The molecule has 7 heteroatoms. The molecule has 5 nitrogen and oxygen atoms in total. The fraction of sp³-hybridized carbons (Fsp3) is 0. The molecule has 0 unspecified atom stereocenters. The van der Waals surface area contributed by atoms with Crippen molar-refractivity contribution in [1.82, 2.24) is 0 Å². The summed E-state index contributed by atoms with van der Waals surface area (Å²) in [4.78, 5) is 0. The molecule has 0 heterocycles. The Morgan fingerprint density at radius 2 is 0.571 bits per heavy atom. The van der Waals surface area contributed by atoms with E-state index in [2.05, 4.69) is 0 Å². The molecule has 0 spiro atoms. The van der Waals surface area contributed by atoms with Crippen LogP contribution in [0.2, 0.25) is 0 Å². The van der Waals surface area contributed by atoms with Crippen molar-refractivity contribution >= 4 is 0 Å². The van der Waals surface area contributed by atoms with Crippen LogP contribution in [-0.2, 0) is 39.6 Å². The van der Waals surface area contributed by atoms with Crippen molar-refractivity contribution in [3.63, 3.8) is 0 Å². The smallest absolute Gasteiger partial charge is 0.873 e. The number of hydrogen-bond donors (Lipinski definition) is 0. The Morgan fingerprint density at radius 1 is 0.571 bits per heavy atom. The zero-order valence-corrected chi connectivity index (χ0v) is 5.41. The van der Waals surface area contributed by atoms with E-state index in [1.807, 2.05) is 0 Å². The third kappa shape index (κ3) is 228. The van der Waals surface area contributed by atoms with Gasteiger partial charge in [-0.3, -0.25) is 0 Å². The normalized spacial score (nSPS) is 0. The van der Waals surface area contributed by atoms with Crippen LogP contribution >= 0.6 is 0 Å². The Bertz CT molecular complexity index is 6.04. The van der Waals surface area contributed by atoms with E-state index in [9.17, 15) is 0 Å². The van der Waals surface area contributed by atoms with E-state index < -0.39 is 0 Å². The average molecular weight is 200 g/mol. The summed E-state index contributed by atoms with van der Waals surface area (Å²) in [6.07, 6.45) is 0. The summed E-state index contributed by atoms with van der Waals surface area (Å²) in [5, 5.41) is 0. The first kappa shape index (κ1) is 521. The first-order chi connectivity index (χ1) is 0. The first-order valence-corrected chi connectivity index (χ1v) is 0. The molecule has 0 aromatic carbocycles. The predicted octanol–water partition coefficient (Wildman–Crippen LogP) is -1.90. The quantitative estimate of drug-likeness (QED) is 0.418. The van der Waals surface area contributed by atoms with Gasteiger partial charge in [0.15, 0.2) is 0 Å². The van der Waals surface area contributed by atoms with E-state index in [1.165, 1.54) is 0 Å². The summed E-state index contributed by atoms with van der Waals surface area (Å²) in [5.41, 5.74) is 0. The van der Waals surface area contributed by atoms with Crippen LogP contribution in [0.4, 0.5) is 0 Å². The van der Waals surface area contributed by atoms with E-state index in [1.54, 1.807) is 0 Å². The Morgan fingerprint density at radius 3 is 0.571 bits per heavy atom. The second-order valence-corrected chi connectivity index (χ2v) is 0. The predicted molar refractivity (Wildman–Crippen MR) is 14.0 cm³/mol. The van der Waals surface area contributed by atoms with Crippen LogP contribution in [0.3, 0.4) is 0 Å². The van der Waals surface area contributed by atoms with Gasteiger partial charge in [-0.1, -0.05) is 0 Å². The molecule has 0 aromatic heterocycles. The molecule has 0 aliphatic rings. The average Bonchev–Trinajstić information content (AvgIpc) is 0. The van der Waals surface area contributed by atoms with Gasteiger partial charge in [0.05, 0.1) is 0 Å². The zero-order chi connectivity index (χ0) is 0. The van der Waals surface area contributed by atoms with Gasteiger partial charge in [0, 0.05) is 17.1 Å². The maximum atomic E-state index is 0. The van der Waals surface area contributed by atoms with Crippen LogP contribution in [0.25, 0.3) is 0 Å². The molecule has 0 aliphatic heterocycles. The van der Waals surface area contributed by atoms with Crippen LogP contribution < -0.4 is 0 Å². The Balaban J connectivity index is 0. The van der Waals surface area contributed by atoms with E-state index >= 15 is 0 Å². The summed E-state index contributed by atoms with van der Waals surface area (Å²) in [6.45, 7) is 0. The third-order valence-electron chi connectivity index (χ3n) is 0. The maximum Gasteiger partial charge on any atom is 2.00 e. The maximum absolute atomic E-state index is 0. The Labute approximate surface area is 62.0 Å². The van der Waals surface area contributed by atoms with Gasteiger partial charge in [-0.25, -0.2) is 0 Å². The van der Waals surface area contributed by atoms with Crippen molar-refractivity contribution in [3.8, 4) is 0 Å². The van der Waals surface area contributed by atoms with Crippen molar-refractivity contribution in [2.24, 2.45) is 0 Å². The van der Waals surface area contributed by atoms with Crippen molar-refractivity contribution in [1.29, 1.82) is 0 Å². The molecule has 0 saturated heterocycles. The van der Waals surface area contributed by atoms with Gasteiger partial charge in [-0.15, -0.1) is 0 Å². The van der Waals surface area contributed by atoms with E-state index in [4.69, 9.17) is 0 Å². The Kier molecular flexibility index (Phi) is 24700. The van der Waals surface area contributed by atoms with Crippen molar-refractivity contribution in [2.75, 3.05) is 0 Å². The molecule has 0 amide bonds. The van der Waals surface area contributed by atoms with E-state index in [-0.39, 0.29) is 61.5 Å². The van der Waals surface area contributed by atoms with Crippen LogP contribution in [0.1, 0.15) is 0 Å². The van der Waals surface area contributed by atoms with E-state index in [0.29, 0.717) is 0 Å². The summed E-state index contributed by atoms with van der Waals surface area (Å²) in [5.74, 6) is 0. The molecule has 0 bridgehead atoms. The molecule has 8 N–H and O–H groups in total. The Hall–Kier alpha value is 0.839. The fourth-order valence-corrected chi connectivity index (χ4v) is 0. The first-order valence-electron chi connectivity index (χ1n) is 0.